The van der Waals surface area contributed by atoms with Crippen LogP contribution >= 0.6 is 0 Å². The lowest BCUT2D eigenvalue weighted by molar-refractivity contribution is 0.00187. The van der Waals surface area contributed by atoms with Gasteiger partial charge in [-0.05, 0) is 56.7 Å². The van der Waals surface area contributed by atoms with Gasteiger partial charge in [0.15, 0.2) is 0 Å². The molecule has 1 spiro atoms. The third-order valence-electron chi connectivity index (χ3n) is 4.71. The second-order valence-corrected chi connectivity index (χ2v) is 6.13. The topological polar surface area (TPSA) is 35.2 Å². The van der Waals surface area contributed by atoms with E-state index in [1.54, 1.807) is 0 Å². The lowest BCUT2D eigenvalue weighted by Gasteiger charge is -2.44. The monoisotopic (exact) mass is 245 g/mol. The van der Waals surface area contributed by atoms with Crippen molar-refractivity contribution in [3.63, 3.8) is 0 Å². The highest BCUT2D eigenvalue weighted by Gasteiger charge is 2.40. The van der Waals surface area contributed by atoms with Crippen molar-refractivity contribution in [3.05, 3.63) is 28.8 Å². The zero-order valence-corrected chi connectivity index (χ0v) is 11.5. The zero-order valence-electron chi connectivity index (χ0n) is 11.5. The van der Waals surface area contributed by atoms with Crippen LogP contribution in [0.1, 0.15) is 61.3 Å². The Morgan fingerprint density at radius 3 is 2.50 bits per heavy atom. The van der Waals surface area contributed by atoms with E-state index in [0.717, 1.165) is 12.2 Å². The van der Waals surface area contributed by atoms with Gasteiger partial charge in [0, 0.05) is 18.0 Å². The number of nitrogens with two attached hydrogens (primary N) is 1. The minimum absolute atomic E-state index is 0.0341. The minimum Gasteiger partial charge on any atom is -0.487 e. The molecule has 98 valence electrons. The fourth-order valence-corrected chi connectivity index (χ4v) is 3.48. The molecule has 2 aliphatic rings. The molecule has 2 heteroatoms. The average Bonchev–Trinajstić information content (AvgIpc) is 2.33. The van der Waals surface area contributed by atoms with Crippen LogP contribution in [-0.4, -0.2) is 5.60 Å². The van der Waals surface area contributed by atoms with Gasteiger partial charge in [-0.3, -0.25) is 0 Å². The molecule has 1 aliphatic heterocycles. The molecule has 18 heavy (non-hydrogen) atoms. The summed E-state index contributed by atoms with van der Waals surface area (Å²) in [5.74, 6) is 1.04. The van der Waals surface area contributed by atoms with Crippen molar-refractivity contribution < 1.29 is 4.74 Å². The van der Waals surface area contributed by atoms with Crippen molar-refractivity contribution in [2.75, 3.05) is 0 Å². The zero-order chi connectivity index (χ0) is 12.8. The summed E-state index contributed by atoms with van der Waals surface area (Å²) in [7, 11) is 0. The highest BCUT2D eigenvalue weighted by atomic mass is 16.5. The molecule has 0 bridgehead atoms. The minimum atomic E-state index is 0.0341. The van der Waals surface area contributed by atoms with Gasteiger partial charge in [-0.25, -0.2) is 0 Å². The van der Waals surface area contributed by atoms with Crippen molar-refractivity contribution in [2.24, 2.45) is 5.73 Å². The molecule has 0 amide bonds. The number of rotatable bonds is 0. The number of hydrogen-bond acceptors (Lipinski definition) is 2. The Morgan fingerprint density at radius 2 is 1.78 bits per heavy atom. The fourth-order valence-electron chi connectivity index (χ4n) is 3.48. The highest BCUT2D eigenvalue weighted by molar-refractivity contribution is 5.45. The van der Waals surface area contributed by atoms with E-state index in [4.69, 9.17) is 10.5 Å². The number of ether oxygens (including phenoxy) is 1. The maximum Gasteiger partial charge on any atom is 0.125 e. The Kier molecular flexibility index (Phi) is 2.86. The number of benzene rings is 1. The Bertz CT molecular complexity index is 460. The standard InChI is InChI=1S/C16H23NO/c1-11-8-13-14(17)10-16(6-4-3-5-7-16)18-15(13)9-12(11)2/h8-9,14H,3-7,10,17H2,1-2H3. The molecule has 0 radical (unpaired) electrons. The first-order chi connectivity index (χ1) is 8.60. The maximum absolute atomic E-state index is 6.39. The van der Waals surface area contributed by atoms with Gasteiger partial charge in [0.05, 0.1) is 0 Å². The Balaban J connectivity index is 1.98. The lowest BCUT2D eigenvalue weighted by atomic mass is 9.77. The van der Waals surface area contributed by atoms with Gasteiger partial charge in [0.1, 0.15) is 11.4 Å². The van der Waals surface area contributed by atoms with Crippen LogP contribution in [0.5, 0.6) is 5.75 Å². The van der Waals surface area contributed by atoms with E-state index in [1.807, 2.05) is 0 Å². The molecular weight excluding hydrogens is 222 g/mol. The van der Waals surface area contributed by atoms with Crippen LogP contribution < -0.4 is 10.5 Å². The lowest BCUT2D eigenvalue weighted by Crippen LogP contribution is -2.44. The van der Waals surface area contributed by atoms with Gasteiger partial charge in [0.2, 0.25) is 0 Å². The van der Waals surface area contributed by atoms with Crippen LogP contribution in [0.3, 0.4) is 0 Å². The Hall–Kier alpha value is -1.02. The third-order valence-corrected chi connectivity index (χ3v) is 4.71. The summed E-state index contributed by atoms with van der Waals surface area (Å²) in [4.78, 5) is 0. The number of aryl methyl sites for hydroxylation is 2. The first kappa shape index (κ1) is 12.0. The van der Waals surface area contributed by atoms with Crippen LogP contribution in [-0.2, 0) is 0 Å². The van der Waals surface area contributed by atoms with Gasteiger partial charge < -0.3 is 10.5 Å². The molecule has 1 heterocycles. The van der Waals surface area contributed by atoms with Gasteiger partial charge in [-0.15, -0.1) is 0 Å². The normalized spacial score (nSPS) is 25.6. The SMILES string of the molecule is Cc1cc2c(cc1C)C(N)CC1(CCCCC1)O2. The molecule has 1 unspecified atom stereocenters. The first-order valence-electron chi connectivity index (χ1n) is 7.15. The van der Waals surface area contributed by atoms with Crippen molar-refractivity contribution in [1.82, 2.24) is 0 Å². The Labute approximate surface area is 110 Å². The molecule has 2 N–H and O–H groups in total. The van der Waals surface area contributed by atoms with Gasteiger partial charge in [-0.1, -0.05) is 12.5 Å². The van der Waals surface area contributed by atoms with Crippen LogP contribution in [0, 0.1) is 13.8 Å². The summed E-state index contributed by atoms with van der Waals surface area (Å²) in [5.41, 5.74) is 10.2. The van der Waals surface area contributed by atoms with E-state index < -0.39 is 0 Å². The summed E-state index contributed by atoms with van der Waals surface area (Å²) in [5, 5.41) is 0. The number of fused-ring (bicyclic) bond motifs is 1. The van der Waals surface area contributed by atoms with E-state index in [2.05, 4.69) is 26.0 Å². The molecule has 1 aromatic carbocycles. The summed E-state index contributed by atoms with van der Waals surface area (Å²) in [6.07, 6.45) is 7.25. The third kappa shape index (κ3) is 1.93. The molecule has 1 aromatic rings. The van der Waals surface area contributed by atoms with E-state index in [1.165, 1.54) is 48.8 Å². The van der Waals surface area contributed by atoms with E-state index in [0.29, 0.717) is 0 Å². The van der Waals surface area contributed by atoms with Gasteiger partial charge in [0.25, 0.3) is 0 Å². The second-order valence-electron chi connectivity index (χ2n) is 6.13. The summed E-state index contributed by atoms with van der Waals surface area (Å²) < 4.78 is 6.39. The second kappa shape index (κ2) is 4.27. The van der Waals surface area contributed by atoms with Crippen molar-refractivity contribution >= 4 is 0 Å². The van der Waals surface area contributed by atoms with E-state index >= 15 is 0 Å². The van der Waals surface area contributed by atoms with Crippen molar-refractivity contribution in [2.45, 2.75) is 64.0 Å². The van der Waals surface area contributed by atoms with Crippen LogP contribution in [0.4, 0.5) is 0 Å². The van der Waals surface area contributed by atoms with Crippen molar-refractivity contribution in [3.8, 4) is 5.75 Å². The predicted molar refractivity (Wildman–Crippen MR) is 73.9 cm³/mol. The van der Waals surface area contributed by atoms with E-state index in [-0.39, 0.29) is 11.6 Å². The van der Waals surface area contributed by atoms with Crippen LogP contribution in [0.25, 0.3) is 0 Å². The average molecular weight is 245 g/mol. The Morgan fingerprint density at radius 1 is 1.11 bits per heavy atom. The number of hydrogen-bond donors (Lipinski definition) is 1. The quantitative estimate of drug-likeness (QED) is 0.754. The molecule has 1 aliphatic carbocycles. The largest absolute Gasteiger partial charge is 0.487 e. The molecule has 1 fully saturated rings. The summed E-state index contributed by atoms with van der Waals surface area (Å²) >= 11 is 0. The molecule has 2 nitrogen and oxygen atoms in total. The van der Waals surface area contributed by atoms with Gasteiger partial charge in [-0.2, -0.15) is 0 Å². The maximum atomic E-state index is 6.39. The summed E-state index contributed by atoms with van der Waals surface area (Å²) in [6, 6.07) is 4.54. The van der Waals surface area contributed by atoms with Crippen LogP contribution in [0.15, 0.2) is 12.1 Å². The first-order valence-corrected chi connectivity index (χ1v) is 7.15. The van der Waals surface area contributed by atoms with Crippen LogP contribution in [0.2, 0.25) is 0 Å². The molecule has 1 atom stereocenters. The van der Waals surface area contributed by atoms with E-state index in [9.17, 15) is 0 Å². The predicted octanol–water partition coefficient (Wildman–Crippen LogP) is 3.79. The molecule has 1 saturated carbocycles. The van der Waals surface area contributed by atoms with Crippen molar-refractivity contribution in [1.29, 1.82) is 0 Å². The summed E-state index contributed by atoms with van der Waals surface area (Å²) in [6.45, 7) is 4.29. The molecular formula is C16H23NO. The fraction of sp³-hybridized carbons (Fsp3) is 0.625. The molecule has 0 aromatic heterocycles. The smallest absolute Gasteiger partial charge is 0.125 e. The molecule has 0 saturated heterocycles. The van der Waals surface area contributed by atoms with Gasteiger partial charge >= 0.3 is 0 Å². The highest BCUT2D eigenvalue weighted by Crippen LogP contribution is 2.45. The molecule has 3 rings (SSSR count).